The van der Waals surface area contributed by atoms with E-state index in [0.29, 0.717) is 5.41 Å². The Kier molecular flexibility index (Phi) is 7.75. The van der Waals surface area contributed by atoms with Gasteiger partial charge in [0.1, 0.15) is 5.82 Å². The third kappa shape index (κ3) is 6.40. The van der Waals surface area contributed by atoms with Gasteiger partial charge in [0.05, 0.1) is 17.1 Å². The molecule has 5 nitrogen and oxygen atoms in total. The number of carboxylic acids is 1. The van der Waals surface area contributed by atoms with E-state index >= 15 is 0 Å². The molecule has 0 bridgehead atoms. The average Bonchev–Trinajstić information content (AvgIpc) is 2.82. The van der Waals surface area contributed by atoms with E-state index in [1.807, 2.05) is 43.6 Å². The molecule has 3 heterocycles. The van der Waals surface area contributed by atoms with Gasteiger partial charge in [-0.1, -0.05) is 32.0 Å². The summed E-state index contributed by atoms with van der Waals surface area (Å²) in [6, 6.07) is 10.7. The summed E-state index contributed by atoms with van der Waals surface area (Å²) in [5.74, 6) is -0.221. The highest BCUT2D eigenvalue weighted by molar-refractivity contribution is 7.99. The summed E-state index contributed by atoms with van der Waals surface area (Å²) in [4.78, 5) is 23.2. The molecule has 1 aliphatic rings. The summed E-state index contributed by atoms with van der Waals surface area (Å²) in [7, 11) is 0. The van der Waals surface area contributed by atoms with Gasteiger partial charge in [-0.15, -0.1) is 11.8 Å². The van der Waals surface area contributed by atoms with Crippen LogP contribution in [0.2, 0.25) is 0 Å². The Labute approximate surface area is 210 Å². The van der Waals surface area contributed by atoms with Crippen LogP contribution >= 0.6 is 11.8 Å². The number of nitrogens with zero attached hydrogens (tertiary/aromatic N) is 3. The number of halogens is 1. The van der Waals surface area contributed by atoms with E-state index in [2.05, 4.69) is 28.7 Å². The van der Waals surface area contributed by atoms with E-state index in [4.69, 9.17) is 0 Å². The van der Waals surface area contributed by atoms with Crippen molar-refractivity contribution in [2.24, 2.45) is 5.41 Å². The number of hydrogen-bond donors (Lipinski definition) is 1. The van der Waals surface area contributed by atoms with Crippen LogP contribution in [0, 0.1) is 18.2 Å². The smallest absolute Gasteiger partial charge is 0.307 e. The lowest BCUT2D eigenvalue weighted by Crippen LogP contribution is -2.38. The average molecular weight is 494 g/mol. The molecule has 1 aliphatic heterocycles. The third-order valence-corrected chi connectivity index (χ3v) is 7.67. The van der Waals surface area contributed by atoms with E-state index in [9.17, 15) is 14.3 Å². The van der Waals surface area contributed by atoms with Crippen molar-refractivity contribution in [3.63, 3.8) is 0 Å². The standard InChI is InChI=1S/C28H32FN3O2S/c1-19-23(16-26(33)34)27(32-13-11-28(2,3)12-14-32)24(18-30-19)21-6-9-25(31-17-21)35-15-10-20-4-7-22(29)8-5-20/h4-9,17-18H,10-16H2,1-3H3,(H,33,34). The molecule has 0 radical (unpaired) electrons. The van der Waals surface area contributed by atoms with Crippen molar-refractivity contribution < 1.29 is 14.3 Å². The topological polar surface area (TPSA) is 66.3 Å². The molecule has 184 valence electrons. The minimum Gasteiger partial charge on any atom is -0.481 e. The van der Waals surface area contributed by atoms with Gasteiger partial charge in [0.25, 0.3) is 0 Å². The van der Waals surface area contributed by atoms with E-state index in [0.717, 1.165) is 76.8 Å². The van der Waals surface area contributed by atoms with Gasteiger partial charge >= 0.3 is 5.97 Å². The summed E-state index contributed by atoms with van der Waals surface area (Å²) in [6.07, 6.45) is 6.62. The first-order chi connectivity index (χ1) is 16.7. The van der Waals surface area contributed by atoms with Gasteiger partial charge in [-0.3, -0.25) is 9.78 Å². The maximum Gasteiger partial charge on any atom is 0.307 e. The molecule has 1 saturated heterocycles. The van der Waals surface area contributed by atoms with Crippen LogP contribution in [0.3, 0.4) is 0 Å². The van der Waals surface area contributed by atoms with Crippen LogP contribution in [-0.2, 0) is 17.6 Å². The predicted octanol–water partition coefficient (Wildman–Crippen LogP) is 6.18. The Morgan fingerprint density at radius 2 is 1.80 bits per heavy atom. The number of aromatic nitrogens is 2. The quantitative estimate of drug-likeness (QED) is 0.378. The monoisotopic (exact) mass is 493 g/mol. The van der Waals surface area contributed by atoms with E-state index in [1.165, 1.54) is 12.1 Å². The molecular formula is C28H32FN3O2S. The second-order valence-electron chi connectivity index (χ2n) is 9.92. The van der Waals surface area contributed by atoms with Crippen LogP contribution in [0.5, 0.6) is 0 Å². The zero-order valence-electron chi connectivity index (χ0n) is 20.6. The Morgan fingerprint density at radius 3 is 2.43 bits per heavy atom. The Morgan fingerprint density at radius 1 is 1.09 bits per heavy atom. The fourth-order valence-electron chi connectivity index (χ4n) is 4.45. The van der Waals surface area contributed by atoms with E-state index in [1.54, 1.807) is 11.8 Å². The SMILES string of the molecule is Cc1ncc(-c2ccc(SCCc3ccc(F)cc3)nc2)c(N2CCC(C)(C)CC2)c1CC(=O)O. The lowest BCUT2D eigenvalue weighted by atomic mass is 9.82. The van der Waals surface area contributed by atoms with Crippen LogP contribution < -0.4 is 4.90 Å². The second kappa shape index (κ2) is 10.8. The molecule has 1 fully saturated rings. The Hall–Kier alpha value is -2.93. The zero-order valence-corrected chi connectivity index (χ0v) is 21.4. The molecule has 0 saturated carbocycles. The number of pyridine rings is 2. The van der Waals surface area contributed by atoms with Crippen molar-refractivity contribution in [3.8, 4) is 11.1 Å². The number of rotatable bonds is 8. The van der Waals surface area contributed by atoms with Gasteiger partial charge in [-0.25, -0.2) is 9.37 Å². The van der Waals surface area contributed by atoms with Crippen molar-refractivity contribution in [3.05, 3.63) is 71.4 Å². The molecule has 3 aromatic rings. The van der Waals surface area contributed by atoms with Crippen molar-refractivity contribution in [2.75, 3.05) is 23.7 Å². The minimum absolute atomic E-state index is 0.0490. The summed E-state index contributed by atoms with van der Waals surface area (Å²) < 4.78 is 13.1. The van der Waals surface area contributed by atoms with Crippen molar-refractivity contribution >= 4 is 23.4 Å². The van der Waals surface area contributed by atoms with Crippen molar-refractivity contribution in [1.82, 2.24) is 9.97 Å². The summed E-state index contributed by atoms with van der Waals surface area (Å²) in [5.41, 5.74) is 5.79. The fraction of sp³-hybridized carbons (Fsp3) is 0.393. The number of benzene rings is 1. The van der Waals surface area contributed by atoms with Crippen LogP contribution in [0.1, 0.15) is 43.5 Å². The summed E-state index contributed by atoms with van der Waals surface area (Å²) in [5, 5.41) is 10.5. The molecule has 35 heavy (non-hydrogen) atoms. The number of aryl methyl sites for hydroxylation is 2. The maximum atomic E-state index is 13.1. The second-order valence-corrected chi connectivity index (χ2v) is 11.0. The highest BCUT2D eigenvalue weighted by atomic mass is 32.2. The van der Waals surface area contributed by atoms with Crippen LogP contribution in [0.4, 0.5) is 10.1 Å². The first-order valence-electron chi connectivity index (χ1n) is 12.0. The van der Waals surface area contributed by atoms with E-state index in [-0.39, 0.29) is 12.2 Å². The van der Waals surface area contributed by atoms with Gasteiger partial charge < -0.3 is 10.0 Å². The number of carboxylic acid groups (broad SMARTS) is 1. The molecule has 0 atom stereocenters. The van der Waals surface area contributed by atoms with Crippen LogP contribution in [0.15, 0.2) is 53.8 Å². The highest BCUT2D eigenvalue weighted by Crippen LogP contribution is 2.40. The normalized spacial score (nSPS) is 15.3. The molecular weight excluding hydrogens is 461 g/mol. The zero-order chi connectivity index (χ0) is 25.0. The van der Waals surface area contributed by atoms with Gasteiger partial charge in [0.15, 0.2) is 0 Å². The van der Waals surface area contributed by atoms with Gasteiger partial charge in [-0.05, 0) is 55.4 Å². The molecule has 0 unspecified atom stereocenters. The third-order valence-electron chi connectivity index (χ3n) is 6.73. The van der Waals surface area contributed by atoms with E-state index < -0.39 is 5.97 Å². The first-order valence-corrected chi connectivity index (χ1v) is 13.0. The minimum atomic E-state index is -0.850. The first kappa shape index (κ1) is 25.2. The van der Waals surface area contributed by atoms with Crippen LogP contribution in [0.25, 0.3) is 11.1 Å². The Bertz CT molecular complexity index is 1170. The lowest BCUT2D eigenvalue weighted by molar-refractivity contribution is -0.136. The summed E-state index contributed by atoms with van der Waals surface area (Å²) in [6.45, 7) is 8.25. The molecule has 1 aromatic carbocycles. The predicted molar refractivity (Wildman–Crippen MR) is 140 cm³/mol. The maximum absolute atomic E-state index is 13.1. The molecule has 0 aliphatic carbocycles. The van der Waals surface area contributed by atoms with Gasteiger partial charge in [0.2, 0.25) is 0 Å². The van der Waals surface area contributed by atoms with Gasteiger partial charge in [0, 0.05) is 53.6 Å². The fourth-order valence-corrected chi connectivity index (χ4v) is 5.29. The van der Waals surface area contributed by atoms with Crippen LogP contribution in [-0.4, -0.2) is 39.9 Å². The van der Waals surface area contributed by atoms with Crippen molar-refractivity contribution in [2.45, 2.75) is 51.5 Å². The van der Waals surface area contributed by atoms with Gasteiger partial charge in [-0.2, -0.15) is 0 Å². The molecule has 7 heteroatoms. The number of hydrogen-bond acceptors (Lipinski definition) is 5. The molecule has 0 spiro atoms. The number of piperidine rings is 1. The largest absolute Gasteiger partial charge is 0.481 e. The number of carbonyl (C=O) groups is 1. The highest BCUT2D eigenvalue weighted by Gasteiger charge is 2.29. The molecule has 1 N–H and O–H groups in total. The number of anilines is 1. The molecule has 2 aromatic heterocycles. The number of thioether (sulfide) groups is 1. The number of aliphatic carboxylic acids is 1. The molecule has 4 rings (SSSR count). The Balaban J connectivity index is 1.56. The summed E-state index contributed by atoms with van der Waals surface area (Å²) >= 11 is 1.66. The molecule has 0 amide bonds. The van der Waals surface area contributed by atoms with Crippen molar-refractivity contribution in [1.29, 1.82) is 0 Å². The lowest BCUT2D eigenvalue weighted by Gasteiger charge is -2.40.